The third-order valence-electron chi connectivity index (χ3n) is 1.61. The first-order chi connectivity index (χ1) is 4.33. The Morgan fingerprint density at radius 1 is 1.30 bits per heavy atom. The van der Waals surface area contributed by atoms with Crippen molar-refractivity contribution in [3.05, 3.63) is 0 Å². The molecular formula is C6H13O3S-. The first-order valence-corrected chi connectivity index (χ1v) is 4.84. The van der Waals surface area contributed by atoms with Crippen LogP contribution in [0.2, 0.25) is 0 Å². The number of hydrogen-bond donors (Lipinski definition) is 0. The highest BCUT2D eigenvalue weighted by molar-refractivity contribution is 7.85. The van der Waals surface area contributed by atoms with Crippen LogP contribution in [0.1, 0.15) is 20.8 Å². The first-order valence-electron chi connectivity index (χ1n) is 3.26. The van der Waals surface area contributed by atoms with Crippen LogP contribution < -0.4 is 0 Å². The molecule has 0 aliphatic rings. The molecule has 1 unspecified atom stereocenters. The fourth-order valence-corrected chi connectivity index (χ4v) is 1.54. The maximum Gasteiger partial charge on any atom is 0.0948 e. The molecule has 0 bridgehead atoms. The standard InChI is InChI=1S/C6H14O3S/c1-5(2)6(3)4-10(7,8)9/h5-6H,4H2,1-3H3,(H,7,8,9)/p-1. The summed E-state index contributed by atoms with van der Waals surface area (Å²) in [7, 11) is -4.02. The Balaban J connectivity index is 3.93. The van der Waals surface area contributed by atoms with E-state index in [9.17, 15) is 13.0 Å². The molecule has 0 aromatic heterocycles. The lowest BCUT2D eigenvalue weighted by molar-refractivity contribution is 0.414. The molecule has 4 heteroatoms. The first kappa shape index (κ1) is 9.91. The summed E-state index contributed by atoms with van der Waals surface area (Å²) in [5.74, 6) is -0.0313. The molecule has 0 saturated heterocycles. The lowest BCUT2D eigenvalue weighted by atomic mass is 10.0. The van der Waals surface area contributed by atoms with Crippen molar-refractivity contribution >= 4 is 10.1 Å². The summed E-state index contributed by atoms with van der Waals surface area (Å²) in [6.45, 7) is 5.56. The van der Waals surface area contributed by atoms with Gasteiger partial charge in [-0.3, -0.25) is 0 Å². The summed E-state index contributed by atoms with van der Waals surface area (Å²) in [5.41, 5.74) is 0. The van der Waals surface area contributed by atoms with Crippen molar-refractivity contribution in [1.82, 2.24) is 0 Å². The van der Waals surface area contributed by atoms with Crippen LogP contribution in [0.15, 0.2) is 0 Å². The smallest absolute Gasteiger partial charge is 0.0948 e. The normalized spacial score (nSPS) is 15.7. The van der Waals surface area contributed by atoms with Crippen molar-refractivity contribution < 1.29 is 13.0 Å². The van der Waals surface area contributed by atoms with Crippen molar-refractivity contribution in [2.45, 2.75) is 20.8 Å². The van der Waals surface area contributed by atoms with E-state index >= 15 is 0 Å². The van der Waals surface area contributed by atoms with Gasteiger partial charge in [-0.15, -0.1) is 0 Å². The van der Waals surface area contributed by atoms with Crippen LogP contribution in [0.25, 0.3) is 0 Å². The van der Waals surface area contributed by atoms with E-state index in [4.69, 9.17) is 0 Å². The van der Waals surface area contributed by atoms with Gasteiger partial charge in [0.05, 0.1) is 10.1 Å². The van der Waals surface area contributed by atoms with Crippen LogP contribution in [0.3, 0.4) is 0 Å². The molecule has 10 heavy (non-hydrogen) atoms. The molecule has 0 aliphatic carbocycles. The third kappa shape index (κ3) is 4.76. The van der Waals surface area contributed by atoms with Gasteiger partial charge < -0.3 is 4.55 Å². The van der Waals surface area contributed by atoms with Crippen LogP contribution in [-0.4, -0.2) is 18.7 Å². The van der Waals surface area contributed by atoms with Gasteiger partial charge in [0.1, 0.15) is 0 Å². The quantitative estimate of drug-likeness (QED) is 0.582. The lowest BCUT2D eigenvalue weighted by Gasteiger charge is -2.16. The molecule has 3 nitrogen and oxygen atoms in total. The molecule has 0 rings (SSSR count). The van der Waals surface area contributed by atoms with E-state index in [2.05, 4.69) is 0 Å². The fraction of sp³-hybridized carbons (Fsp3) is 1.00. The SMILES string of the molecule is CC(C)C(C)CS(=O)(=O)[O-]. The molecule has 0 N–H and O–H groups in total. The Morgan fingerprint density at radius 3 is 1.80 bits per heavy atom. The summed E-state index contributed by atoms with van der Waals surface area (Å²) in [6.07, 6.45) is 0. The monoisotopic (exact) mass is 165 g/mol. The third-order valence-corrected chi connectivity index (χ3v) is 2.54. The Kier molecular flexibility index (Phi) is 3.31. The predicted molar refractivity (Wildman–Crippen MR) is 38.6 cm³/mol. The minimum absolute atomic E-state index is 0.0394. The van der Waals surface area contributed by atoms with Gasteiger partial charge in [-0.05, 0) is 11.8 Å². The maximum atomic E-state index is 10.2. The van der Waals surface area contributed by atoms with E-state index in [0.717, 1.165) is 0 Å². The average Bonchev–Trinajstić information content (AvgIpc) is 1.60. The molecule has 0 fully saturated rings. The van der Waals surface area contributed by atoms with E-state index in [-0.39, 0.29) is 17.6 Å². The highest BCUT2D eigenvalue weighted by Crippen LogP contribution is 2.10. The van der Waals surface area contributed by atoms with Crippen molar-refractivity contribution in [3.8, 4) is 0 Å². The van der Waals surface area contributed by atoms with E-state index < -0.39 is 10.1 Å². The second-order valence-corrected chi connectivity index (χ2v) is 4.39. The number of rotatable bonds is 3. The van der Waals surface area contributed by atoms with Gasteiger partial charge in [0.15, 0.2) is 0 Å². The summed E-state index contributed by atoms with van der Waals surface area (Å²) < 4.78 is 30.6. The largest absolute Gasteiger partial charge is 0.748 e. The summed E-state index contributed by atoms with van der Waals surface area (Å²) in [4.78, 5) is 0. The van der Waals surface area contributed by atoms with E-state index in [1.165, 1.54) is 0 Å². The molecule has 0 amide bonds. The minimum atomic E-state index is -4.02. The van der Waals surface area contributed by atoms with Crippen molar-refractivity contribution in [2.24, 2.45) is 11.8 Å². The molecule has 0 radical (unpaired) electrons. The second kappa shape index (κ2) is 3.34. The van der Waals surface area contributed by atoms with Crippen LogP contribution in [0.4, 0.5) is 0 Å². The summed E-state index contributed by atoms with van der Waals surface area (Å²) in [6, 6.07) is 0. The van der Waals surface area contributed by atoms with Gasteiger partial charge in [-0.2, -0.15) is 0 Å². The summed E-state index contributed by atoms with van der Waals surface area (Å²) >= 11 is 0. The van der Waals surface area contributed by atoms with Crippen LogP contribution in [-0.2, 0) is 10.1 Å². The Labute approximate surface area is 62.2 Å². The molecule has 0 heterocycles. The number of hydrogen-bond acceptors (Lipinski definition) is 3. The molecule has 0 aliphatic heterocycles. The minimum Gasteiger partial charge on any atom is -0.748 e. The van der Waals surface area contributed by atoms with Gasteiger partial charge in [0.25, 0.3) is 0 Å². The lowest BCUT2D eigenvalue weighted by Crippen LogP contribution is -2.17. The molecule has 62 valence electrons. The second-order valence-electron chi connectivity index (χ2n) is 2.95. The van der Waals surface area contributed by atoms with Gasteiger partial charge in [0.2, 0.25) is 0 Å². The van der Waals surface area contributed by atoms with Crippen molar-refractivity contribution in [3.63, 3.8) is 0 Å². The topological polar surface area (TPSA) is 57.2 Å². The zero-order valence-corrected chi connectivity index (χ0v) is 7.31. The highest BCUT2D eigenvalue weighted by Gasteiger charge is 2.09. The van der Waals surface area contributed by atoms with Gasteiger partial charge in [0, 0.05) is 5.75 Å². The van der Waals surface area contributed by atoms with Gasteiger partial charge in [-0.1, -0.05) is 20.8 Å². The Hall–Kier alpha value is -0.0900. The summed E-state index contributed by atoms with van der Waals surface area (Å²) in [5, 5.41) is 0. The molecule has 0 spiro atoms. The predicted octanol–water partition coefficient (Wildman–Crippen LogP) is 0.824. The molecule has 0 aromatic rings. The zero-order valence-electron chi connectivity index (χ0n) is 6.49. The van der Waals surface area contributed by atoms with E-state index in [0.29, 0.717) is 0 Å². The highest BCUT2D eigenvalue weighted by atomic mass is 32.2. The van der Waals surface area contributed by atoms with E-state index in [1.807, 2.05) is 13.8 Å². The van der Waals surface area contributed by atoms with Crippen LogP contribution in [0.5, 0.6) is 0 Å². The van der Waals surface area contributed by atoms with Crippen molar-refractivity contribution in [1.29, 1.82) is 0 Å². The fourth-order valence-electron chi connectivity index (χ4n) is 0.514. The molecule has 0 saturated carbocycles. The average molecular weight is 165 g/mol. The Morgan fingerprint density at radius 2 is 1.70 bits per heavy atom. The molecule has 1 atom stereocenters. The van der Waals surface area contributed by atoms with Gasteiger partial charge in [-0.25, -0.2) is 8.42 Å². The zero-order chi connectivity index (χ0) is 8.36. The molecular weight excluding hydrogens is 152 g/mol. The Bertz CT molecular complexity index is 181. The van der Waals surface area contributed by atoms with Crippen molar-refractivity contribution in [2.75, 3.05) is 5.75 Å². The molecule has 0 aromatic carbocycles. The van der Waals surface area contributed by atoms with Crippen LogP contribution >= 0.6 is 0 Å². The van der Waals surface area contributed by atoms with Crippen LogP contribution in [0, 0.1) is 11.8 Å². The maximum absolute atomic E-state index is 10.2. The van der Waals surface area contributed by atoms with E-state index in [1.54, 1.807) is 6.92 Å². The van der Waals surface area contributed by atoms with Gasteiger partial charge >= 0.3 is 0 Å².